The molecule has 0 unspecified atom stereocenters. The van der Waals surface area contributed by atoms with Gasteiger partial charge in [0.25, 0.3) is 0 Å². The molecule has 0 fully saturated rings. The van der Waals surface area contributed by atoms with Gasteiger partial charge in [0.2, 0.25) is 5.91 Å². The molecule has 0 rings (SSSR count). The Morgan fingerprint density at radius 2 is 1.50 bits per heavy atom. The Hall–Kier alpha value is -0.610. The summed E-state index contributed by atoms with van der Waals surface area (Å²) in [6, 6.07) is 0. The first kappa shape index (κ1) is 25.6. The molecular weight excluding hydrogens is 300 g/mol. The average Bonchev–Trinajstić information content (AvgIpc) is 2.64. The maximum Gasteiger partial charge on any atom is 0.226 e. The van der Waals surface area contributed by atoms with Crippen molar-refractivity contribution in [2.75, 3.05) is 19.7 Å². The number of rotatable bonds is 13. The minimum absolute atomic E-state index is 0.0181. The fourth-order valence-electron chi connectivity index (χ4n) is 3.21. The molecule has 3 N–H and O–H groups in total. The van der Waals surface area contributed by atoms with E-state index in [1.165, 1.54) is 0 Å². The van der Waals surface area contributed by atoms with Crippen LogP contribution in [0.4, 0.5) is 0 Å². The van der Waals surface area contributed by atoms with Gasteiger partial charge < -0.3 is 15.8 Å². The lowest BCUT2D eigenvalue weighted by atomic mass is 9.78. The van der Waals surface area contributed by atoms with E-state index in [1.807, 2.05) is 13.8 Å². The molecule has 146 valence electrons. The van der Waals surface area contributed by atoms with Crippen molar-refractivity contribution in [2.24, 2.45) is 11.1 Å². The molecule has 0 saturated heterocycles. The number of nitrogens with one attached hydrogen (secondary N) is 1. The highest BCUT2D eigenvalue weighted by molar-refractivity contribution is 5.82. The van der Waals surface area contributed by atoms with Crippen LogP contribution in [0.15, 0.2) is 0 Å². The second-order valence-electron chi connectivity index (χ2n) is 6.27. The summed E-state index contributed by atoms with van der Waals surface area (Å²) in [6.07, 6.45) is 6.73. The molecule has 0 atom stereocenters. The van der Waals surface area contributed by atoms with Crippen molar-refractivity contribution < 1.29 is 9.53 Å². The zero-order chi connectivity index (χ0) is 19.1. The maximum absolute atomic E-state index is 12.5. The van der Waals surface area contributed by atoms with Gasteiger partial charge in [-0.1, -0.05) is 54.9 Å². The van der Waals surface area contributed by atoms with Crippen LogP contribution in [0, 0.1) is 5.41 Å². The highest BCUT2D eigenvalue weighted by Gasteiger charge is 2.35. The van der Waals surface area contributed by atoms with E-state index in [1.54, 1.807) is 0 Å². The number of amides is 1. The summed E-state index contributed by atoms with van der Waals surface area (Å²) in [4.78, 5) is 12.5. The molecule has 0 aliphatic rings. The summed E-state index contributed by atoms with van der Waals surface area (Å²) < 4.78 is 6.28. The number of carbonyl (C=O) groups is 1. The fraction of sp³-hybridized carbons (Fsp3) is 0.950. The van der Waals surface area contributed by atoms with Crippen LogP contribution in [0.1, 0.15) is 93.4 Å². The van der Waals surface area contributed by atoms with Crippen LogP contribution in [0.3, 0.4) is 0 Å². The van der Waals surface area contributed by atoms with Crippen molar-refractivity contribution in [3.8, 4) is 0 Å². The monoisotopic (exact) mass is 344 g/mol. The largest absolute Gasteiger partial charge is 0.375 e. The minimum Gasteiger partial charge on any atom is -0.375 e. The van der Waals surface area contributed by atoms with E-state index in [2.05, 4.69) is 39.9 Å². The molecule has 0 saturated carbocycles. The smallest absolute Gasteiger partial charge is 0.226 e. The highest BCUT2D eigenvalue weighted by atomic mass is 16.5. The second kappa shape index (κ2) is 14.7. The average molecular weight is 345 g/mol. The zero-order valence-electron chi connectivity index (χ0n) is 17.5. The fourth-order valence-corrected chi connectivity index (χ4v) is 3.21. The van der Waals surface area contributed by atoms with Gasteiger partial charge in [-0.2, -0.15) is 0 Å². The van der Waals surface area contributed by atoms with Crippen molar-refractivity contribution in [3.63, 3.8) is 0 Å². The number of nitrogens with two attached hydrogens (primary N) is 1. The van der Waals surface area contributed by atoms with Crippen molar-refractivity contribution in [2.45, 2.75) is 99.0 Å². The molecule has 24 heavy (non-hydrogen) atoms. The molecule has 0 aliphatic carbocycles. The minimum atomic E-state index is -0.325. The predicted octanol–water partition coefficient (Wildman–Crippen LogP) is 4.66. The van der Waals surface area contributed by atoms with Gasteiger partial charge in [-0.3, -0.25) is 4.79 Å². The van der Waals surface area contributed by atoms with E-state index < -0.39 is 0 Å². The van der Waals surface area contributed by atoms with Gasteiger partial charge in [-0.15, -0.1) is 0 Å². The lowest BCUT2D eigenvalue weighted by Gasteiger charge is -2.35. The number of hydrogen-bond acceptors (Lipinski definition) is 3. The Morgan fingerprint density at radius 1 is 0.958 bits per heavy atom. The van der Waals surface area contributed by atoms with E-state index in [-0.39, 0.29) is 16.9 Å². The molecule has 0 aromatic carbocycles. The lowest BCUT2D eigenvalue weighted by Crippen LogP contribution is -2.43. The molecule has 0 bridgehead atoms. The molecule has 0 aromatic rings. The van der Waals surface area contributed by atoms with E-state index in [4.69, 9.17) is 10.5 Å². The van der Waals surface area contributed by atoms with E-state index in [0.717, 1.165) is 44.9 Å². The summed E-state index contributed by atoms with van der Waals surface area (Å²) in [5, 5.41) is 2.96. The summed E-state index contributed by atoms with van der Waals surface area (Å²) in [6.45, 7) is 16.4. The third-order valence-electron chi connectivity index (χ3n) is 5.25. The van der Waals surface area contributed by atoms with Gasteiger partial charge in [-0.25, -0.2) is 0 Å². The normalized spacial score (nSPS) is 11.7. The van der Waals surface area contributed by atoms with Crippen LogP contribution in [0.25, 0.3) is 0 Å². The van der Waals surface area contributed by atoms with Crippen molar-refractivity contribution in [3.05, 3.63) is 0 Å². The van der Waals surface area contributed by atoms with Gasteiger partial charge in [0.05, 0.1) is 11.0 Å². The van der Waals surface area contributed by atoms with Gasteiger partial charge in [-0.05, 0) is 38.5 Å². The summed E-state index contributed by atoms with van der Waals surface area (Å²) in [7, 11) is 0. The Kier molecular flexibility index (Phi) is 15.7. The quantitative estimate of drug-likeness (QED) is 0.511. The standard InChI is InChI=1S/C18H38N2O2.C2H6/c1-6-11-18(9-4,10-5)22-15-12-17(7-2,8-3)16(21)20-14-13-19;1-2/h6-15,19H2,1-5H3,(H,20,21);1-2H3. The van der Waals surface area contributed by atoms with E-state index >= 15 is 0 Å². The van der Waals surface area contributed by atoms with Crippen LogP contribution in [0.2, 0.25) is 0 Å². The Morgan fingerprint density at radius 3 is 1.88 bits per heavy atom. The molecule has 0 spiro atoms. The van der Waals surface area contributed by atoms with Gasteiger partial charge in [0.15, 0.2) is 0 Å². The van der Waals surface area contributed by atoms with Crippen LogP contribution in [-0.2, 0) is 9.53 Å². The third-order valence-corrected chi connectivity index (χ3v) is 5.25. The van der Waals surface area contributed by atoms with E-state index in [9.17, 15) is 4.79 Å². The highest BCUT2D eigenvalue weighted by Crippen LogP contribution is 2.33. The lowest BCUT2D eigenvalue weighted by molar-refractivity contribution is -0.134. The molecule has 1 amide bonds. The molecule has 0 aromatic heterocycles. The Bertz CT molecular complexity index is 298. The predicted molar refractivity (Wildman–Crippen MR) is 105 cm³/mol. The SMILES string of the molecule is CC.CCCC(CC)(CC)OCCC(CC)(CC)C(=O)NCCN. The molecule has 0 aliphatic heterocycles. The van der Waals surface area contributed by atoms with Crippen LogP contribution in [0.5, 0.6) is 0 Å². The first-order valence-corrected chi connectivity index (χ1v) is 10.1. The molecule has 0 radical (unpaired) electrons. The van der Waals surface area contributed by atoms with Crippen molar-refractivity contribution in [1.82, 2.24) is 5.32 Å². The number of ether oxygens (including phenoxy) is 1. The Labute approximate surface area is 151 Å². The molecule has 0 heterocycles. The first-order chi connectivity index (χ1) is 11.5. The van der Waals surface area contributed by atoms with Gasteiger partial charge >= 0.3 is 0 Å². The summed E-state index contributed by atoms with van der Waals surface area (Å²) in [5.41, 5.74) is 5.15. The number of hydrogen-bond donors (Lipinski definition) is 2. The second-order valence-corrected chi connectivity index (χ2v) is 6.27. The molecule has 4 heteroatoms. The Balaban J connectivity index is 0. The third kappa shape index (κ3) is 7.98. The van der Waals surface area contributed by atoms with E-state index in [0.29, 0.717) is 19.7 Å². The van der Waals surface area contributed by atoms with Gasteiger partial charge in [0.1, 0.15) is 0 Å². The van der Waals surface area contributed by atoms with Crippen LogP contribution in [-0.4, -0.2) is 31.2 Å². The first-order valence-electron chi connectivity index (χ1n) is 10.1. The van der Waals surface area contributed by atoms with Crippen molar-refractivity contribution in [1.29, 1.82) is 0 Å². The molecular formula is C20H44N2O2. The van der Waals surface area contributed by atoms with Crippen molar-refractivity contribution >= 4 is 5.91 Å². The topological polar surface area (TPSA) is 64.3 Å². The molecule has 4 nitrogen and oxygen atoms in total. The number of carbonyl (C=O) groups excluding carboxylic acids is 1. The van der Waals surface area contributed by atoms with Crippen LogP contribution < -0.4 is 11.1 Å². The van der Waals surface area contributed by atoms with Gasteiger partial charge in [0, 0.05) is 19.7 Å². The summed E-state index contributed by atoms with van der Waals surface area (Å²) >= 11 is 0. The maximum atomic E-state index is 12.5. The van der Waals surface area contributed by atoms with Crippen LogP contribution >= 0.6 is 0 Å². The zero-order valence-corrected chi connectivity index (χ0v) is 17.5. The summed E-state index contributed by atoms with van der Waals surface area (Å²) in [5.74, 6) is 0.126.